The van der Waals surface area contributed by atoms with E-state index in [2.05, 4.69) is 32.9 Å². The van der Waals surface area contributed by atoms with Gasteiger partial charge in [-0.2, -0.15) is 0 Å². The second-order valence-corrected chi connectivity index (χ2v) is 7.33. The maximum atomic E-state index is 12.4. The molecule has 0 saturated carbocycles. The Balaban J connectivity index is 1.83. The molecular weight excluding hydrogens is 459 g/mol. The lowest BCUT2D eigenvalue weighted by atomic mass is 10.2. The first kappa shape index (κ1) is 17.2. The largest absolute Gasteiger partial charge is 0.496 e. The van der Waals surface area contributed by atoms with Crippen LogP contribution in [0.3, 0.4) is 0 Å². The number of carbonyl (C=O) groups is 1. The molecular formula is C17H12ClIN2O2S. The lowest BCUT2D eigenvalue weighted by Crippen LogP contribution is -2.12. The summed E-state index contributed by atoms with van der Waals surface area (Å²) in [5, 5.41) is 5.73. The zero-order valence-electron chi connectivity index (χ0n) is 12.5. The van der Waals surface area contributed by atoms with Gasteiger partial charge < -0.3 is 10.1 Å². The second-order valence-electron chi connectivity index (χ2n) is 4.82. The molecule has 2 aromatic carbocycles. The summed E-state index contributed by atoms with van der Waals surface area (Å²) in [7, 11) is 1.61. The molecule has 0 bridgehead atoms. The van der Waals surface area contributed by atoms with Crippen LogP contribution < -0.4 is 10.1 Å². The van der Waals surface area contributed by atoms with Crippen molar-refractivity contribution in [2.45, 2.75) is 0 Å². The average molecular weight is 471 g/mol. The molecule has 1 aromatic heterocycles. The first-order chi connectivity index (χ1) is 11.6. The van der Waals surface area contributed by atoms with Crippen molar-refractivity contribution in [3.63, 3.8) is 0 Å². The van der Waals surface area contributed by atoms with E-state index in [0.717, 1.165) is 19.9 Å². The molecule has 122 valence electrons. The van der Waals surface area contributed by atoms with Gasteiger partial charge in [0.2, 0.25) is 0 Å². The number of amides is 1. The van der Waals surface area contributed by atoms with Gasteiger partial charge in [0.1, 0.15) is 16.5 Å². The fourth-order valence-corrected chi connectivity index (χ4v) is 3.83. The van der Waals surface area contributed by atoms with Crippen molar-refractivity contribution >= 4 is 57.1 Å². The van der Waals surface area contributed by atoms with Crippen molar-refractivity contribution in [2.75, 3.05) is 12.4 Å². The van der Waals surface area contributed by atoms with E-state index in [0.29, 0.717) is 16.4 Å². The molecule has 0 saturated heterocycles. The minimum atomic E-state index is -0.296. The lowest BCUT2D eigenvalue weighted by Gasteiger charge is -2.06. The normalized spacial score (nSPS) is 10.5. The van der Waals surface area contributed by atoms with E-state index in [1.807, 2.05) is 30.3 Å². The molecule has 0 aliphatic rings. The van der Waals surface area contributed by atoms with Crippen molar-refractivity contribution in [2.24, 2.45) is 0 Å². The predicted octanol–water partition coefficient (Wildman–Crippen LogP) is 5.33. The third kappa shape index (κ3) is 3.71. The fourth-order valence-electron chi connectivity index (χ4n) is 2.10. The van der Waals surface area contributed by atoms with Crippen LogP contribution in [0.4, 0.5) is 5.69 Å². The highest BCUT2D eigenvalue weighted by molar-refractivity contribution is 14.1. The summed E-state index contributed by atoms with van der Waals surface area (Å²) in [6, 6.07) is 13.0. The molecule has 1 amide bonds. The van der Waals surface area contributed by atoms with Crippen LogP contribution in [0, 0.1) is 3.57 Å². The van der Waals surface area contributed by atoms with E-state index in [9.17, 15) is 4.79 Å². The third-order valence-corrected chi connectivity index (χ3v) is 5.11. The van der Waals surface area contributed by atoms with Crippen LogP contribution in [0.2, 0.25) is 5.02 Å². The van der Waals surface area contributed by atoms with Crippen LogP contribution in [-0.2, 0) is 0 Å². The average Bonchev–Trinajstić information content (AvgIpc) is 3.07. The van der Waals surface area contributed by atoms with Gasteiger partial charge in [0.25, 0.3) is 5.91 Å². The van der Waals surface area contributed by atoms with E-state index in [1.54, 1.807) is 24.6 Å². The molecule has 0 fully saturated rings. The third-order valence-electron chi connectivity index (χ3n) is 3.25. The van der Waals surface area contributed by atoms with Crippen LogP contribution in [0.5, 0.6) is 5.75 Å². The molecule has 1 N–H and O–H groups in total. The molecule has 24 heavy (non-hydrogen) atoms. The van der Waals surface area contributed by atoms with E-state index < -0.39 is 0 Å². The minimum absolute atomic E-state index is 0.296. The number of halogens is 2. The Morgan fingerprint density at radius 2 is 2.08 bits per heavy atom. The molecule has 3 rings (SSSR count). The summed E-state index contributed by atoms with van der Waals surface area (Å²) in [4.78, 5) is 16.8. The number of hydrogen-bond donors (Lipinski definition) is 1. The van der Waals surface area contributed by atoms with Crippen molar-refractivity contribution in [3.8, 4) is 16.3 Å². The summed E-state index contributed by atoms with van der Waals surface area (Å²) in [5.41, 5.74) is 1.76. The summed E-state index contributed by atoms with van der Waals surface area (Å²) in [6.45, 7) is 0. The van der Waals surface area contributed by atoms with E-state index >= 15 is 0 Å². The number of hydrogen-bond acceptors (Lipinski definition) is 4. The van der Waals surface area contributed by atoms with Gasteiger partial charge in [-0.15, -0.1) is 11.3 Å². The molecule has 4 nitrogen and oxygen atoms in total. The zero-order valence-corrected chi connectivity index (χ0v) is 16.3. The van der Waals surface area contributed by atoms with Gasteiger partial charge in [-0.05, 0) is 52.9 Å². The van der Waals surface area contributed by atoms with E-state index in [1.165, 1.54) is 11.3 Å². The number of para-hydroxylation sites is 1. The lowest BCUT2D eigenvalue weighted by molar-refractivity contribution is 0.102. The Labute approximate surface area is 162 Å². The van der Waals surface area contributed by atoms with Gasteiger partial charge in [-0.1, -0.05) is 23.7 Å². The van der Waals surface area contributed by atoms with Gasteiger partial charge in [0, 0.05) is 8.95 Å². The Bertz CT molecular complexity index is 898. The number of carbonyl (C=O) groups excluding carboxylic acids is 1. The molecule has 0 atom stereocenters. The Kier molecular flexibility index (Phi) is 5.37. The number of nitrogens with zero attached hydrogens (tertiary/aromatic N) is 1. The zero-order chi connectivity index (χ0) is 17.1. The van der Waals surface area contributed by atoms with Crippen LogP contribution in [-0.4, -0.2) is 18.0 Å². The number of nitrogens with one attached hydrogen (secondary N) is 1. The smallest absolute Gasteiger partial charge is 0.275 e. The van der Waals surface area contributed by atoms with Crippen LogP contribution in [0.25, 0.3) is 10.6 Å². The van der Waals surface area contributed by atoms with Crippen LogP contribution >= 0.6 is 45.5 Å². The van der Waals surface area contributed by atoms with E-state index in [4.69, 9.17) is 16.3 Å². The minimum Gasteiger partial charge on any atom is -0.496 e. The molecule has 0 radical (unpaired) electrons. The Hall–Kier alpha value is -1.64. The quantitative estimate of drug-likeness (QED) is 0.525. The second kappa shape index (κ2) is 7.50. The predicted molar refractivity (Wildman–Crippen MR) is 106 cm³/mol. The molecule has 0 aliphatic carbocycles. The molecule has 0 unspecified atom stereocenters. The maximum Gasteiger partial charge on any atom is 0.275 e. The van der Waals surface area contributed by atoms with Crippen molar-refractivity contribution in [3.05, 3.63) is 62.1 Å². The molecule has 0 spiro atoms. The Morgan fingerprint density at radius 3 is 2.83 bits per heavy atom. The standard InChI is InChI=1S/C17H12ClIN2O2S/c1-23-15-5-3-2-4-11(15)17-21-14(9-24-17)16(22)20-13-7-6-10(19)8-12(13)18/h2-9H,1H3,(H,20,22). The summed E-state index contributed by atoms with van der Waals surface area (Å²) in [6.07, 6.45) is 0. The number of benzene rings is 2. The molecule has 7 heteroatoms. The monoisotopic (exact) mass is 470 g/mol. The Morgan fingerprint density at radius 1 is 1.29 bits per heavy atom. The molecule has 0 aliphatic heterocycles. The highest BCUT2D eigenvalue weighted by Crippen LogP contribution is 2.32. The van der Waals surface area contributed by atoms with Gasteiger partial charge in [-0.25, -0.2) is 4.98 Å². The van der Waals surface area contributed by atoms with E-state index in [-0.39, 0.29) is 5.91 Å². The van der Waals surface area contributed by atoms with Crippen LogP contribution in [0.1, 0.15) is 10.5 Å². The van der Waals surface area contributed by atoms with Gasteiger partial charge in [0.05, 0.1) is 23.4 Å². The highest BCUT2D eigenvalue weighted by atomic mass is 127. The number of rotatable bonds is 4. The van der Waals surface area contributed by atoms with Crippen molar-refractivity contribution < 1.29 is 9.53 Å². The van der Waals surface area contributed by atoms with Gasteiger partial charge in [0.15, 0.2) is 0 Å². The van der Waals surface area contributed by atoms with Gasteiger partial charge >= 0.3 is 0 Å². The summed E-state index contributed by atoms with van der Waals surface area (Å²) < 4.78 is 6.34. The number of methoxy groups -OCH3 is 1. The molecule has 1 heterocycles. The summed E-state index contributed by atoms with van der Waals surface area (Å²) >= 11 is 9.70. The first-order valence-corrected chi connectivity index (χ1v) is 9.27. The number of aromatic nitrogens is 1. The SMILES string of the molecule is COc1ccccc1-c1nc(C(=O)Nc2ccc(I)cc2Cl)cs1. The highest BCUT2D eigenvalue weighted by Gasteiger charge is 2.15. The van der Waals surface area contributed by atoms with Crippen molar-refractivity contribution in [1.82, 2.24) is 4.98 Å². The maximum absolute atomic E-state index is 12.4. The number of ether oxygens (including phenoxy) is 1. The molecule has 3 aromatic rings. The van der Waals surface area contributed by atoms with Crippen LogP contribution in [0.15, 0.2) is 47.8 Å². The van der Waals surface area contributed by atoms with Gasteiger partial charge in [-0.3, -0.25) is 4.79 Å². The topological polar surface area (TPSA) is 51.2 Å². The number of thiazole rings is 1. The first-order valence-electron chi connectivity index (χ1n) is 6.94. The summed E-state index contributed by atoms with van der Waals surface area (Å²) in [5.74, 6) is 0.426. The fraction of sp³-hybridized carbons (Fsp3) is 0.0588. The van der Waals surface area contributed by atoms with Crippen molar-refractivity contribution in [1.29, 1.82) is 0 Å². The number of anilines is 1.